The van der Waals surface area contributed by atoms with Gasteiger partial charge in [-0.2, -0.15) is 0 Å². The lowest BCUT2D eigenvalue weighted by molar-refractivity contribution is -0.0164. The average molecular weight is 233 g/mol. The standard InChI is InChI=1S/C14H19NO2/c1-3-17-14(8-4-5-9-14)13(16)12-7-6-11(2)15-10-12/h6-7,10H,3-5,8-9H2,1-2H3. The lowest BCUT2D eigenvalue weighted by Crippen LogP contribution is -2.39. The predicted molar refractivity (Wildman–Crippen MR) is 66.1 cm³/mol. The molecular formula is C14H19NO2. The van der Waals surface area contributed by atoms with Gasteiger partial charge in [0, 0.05) is 24.1 Å². The fourth-order valence-corrected chi connectivity index (χ4v) is 2.52. The quantitative estimate of drug-likeness (QED) is 0.751. The van der Waals surface area contributed by atoms with E-state index in [0.717, 1.165) is 31.4 Å². The second-order valence-electron chi connectivity index (χ2n) is 4.65. The van der Waals surface area contributed by atoms with Gasteiger partial charge in [-0.1, -0.05) is 0 Å². The van der Waals surface area contributed by atoms with Crippen LogP contribution in [0.3, 0.4) is 0 Å². The molecule has 0 aromatic carbocycles. The van der Waals surface area contributed by atoms with Crippen LogP contribution in [0, 0.1) is 6.92 Å². The van der Waals surface area contributed by atoms with Crippen molar-refractivity contribution in [2.24, 2.45) is 0 Å². The summed E-state index contributed by atoms with van der Waals surface area (Å²) in [7, 11) is 0. The van der Waals surface area contributed by atoms with Gasteiger partial charge in [0.15, 0.2) is 5.78 Å². The lowest BCUT2D eigenvalue weighted by atomic mass is 9.91. The molecule has 17 heavy (non-hydrogen) atoms. The van der Waals surface area contributed by atoms with Crippen LogP contribution in [-0.4, -0.2) is 23.0 Å². The van der Waals surface area contributed by atoms with Gasteiger partial charge in [0.25, 0.3) is 0 Å². The predicted octanol–water partition coefficient (Wildman–Crippen LogP) is 2.92. The highest BCUT2D eigenvalue weighted by Gasteiger charge is 2.42. The van der Waals surface area contributed by atoms with Gasteiger partial charge in [-0.3, -0.25) is 9.78 Å². The van der Waals surface area contributed by atoms with Gasteiger partial charge in [0.1, 0.15) is 5.60 Å². The van der Waals surface area contributed by atoms with E-state index in [1.807, 2.05) is 26.0 Å². The summed E-state index contributed by atoms with van der Waals surface area (Å²) in [6.45, 7) is 4.45. The van der Waals surface area contributed by atoms with Crippen molar-refractivity contribution in [3.8, 4) is 0 Å². The van der Waals surface area contributed by atoms with Gasteiger partial charge in [0.05, 0.1) is 0 Å². The van der Waals surface area contributed by atoms with E-state index in [9.17, 15) is 4.79 Å². The molecule has 1 aromatic heterocycles. The van der Waals surface area contributed by atoms with E-state index in [-0.39, 0.29) is 5.78 Å². The fourth-order valence-electron chi connectivity index (χ4n) is 2.52. The number of aryl methyl sites for hydroxylation is 1. The van der Waals surface area contributed by atoms with E-state index in [1.165, 1.54) is 0 Å². The number of aromatic nitrogens is 1. The molecule has 1 aromatic rings. The Morgan fingerprint density at radius 1 is 1.41 bits per heavy atom. The Balaban J connectivity index is 2.25. The molecular weight excluding hydrogens is 214 g/mol. The second-order valence-corrected chi connectivity index (χ2v) is 4.65. The number of ketones is 1. The van der Waals surface area contributed by atoms with Crippen molar-refractivity contribution < 1.29 is 9.53 Å². The highest BCUT2D eigenvalue weighted by Crippen LogP contribution is 2.36. The van der Waals surface area contributed by atoms with Crippen molar-refractivity contribution in [1.29, 1.82) is 0 Å². The molecule has 1 aliphatic rings. The Labute approximate surface area is 102 Å². The molecule has 0 aliphatic heterocycles. The number of hydrogen-bond acceptors (Lipinski definition) is 3. The first-order valence-electron chi connectivity index (χ1n) is 6.29. The van der Waals surface area contributed by atoms with Gasteiger partial charge in [-0.05, 0) is 51.7 Å². The maximum atomic E-state index is 12.5. The summed E-state index contributed by atoms with van der Waals surface area (Å²) < 4.78 is 5.76. The molecule has 0 N–H and O–H groups in total. The molecule has 0 saturated heterocycles. The summed E-state index contributed by atoms with van der Waals surface area (Å²) in [6.07, 6.45) is 5.49. The largest absolute Gasteiger partial charge is 0.367 e. The number of ether oxygens (including phenoxy) is 1. The normalized spacial score (nSPS) is 18.2. The van der Waals surface area contributed by atoms with Gasteiger partial charge in [0.2, 0.25) is 0 Å². The molecule has 3 nitrogen and oxygen atoms in total. The first-order valence-corrected chi connectivity index (χ1v) is 6.29. The van der Waals surface area contributed by atoms with Crippen LogP contribution in [0.1, 0.15) is 48.7 Å². The average Bonchev–Trinajstić information content (AvgIpc) is 2.79. The molecule has 0 atom stereocenters. The number of pyridine rings is 1. The van der Waals surface area contributed by atoms with Crippen LogP contribution < -0.4 is 0 Å². The minimum Gasteiger partial charge on any atom is -0.367 e. The third-order valence-electron chi connectivity index (χ3n) is 3.42. The van der Waals surface area contributed by atoms with Crippen LogP contribution in [0.5, 0.6) is 0 Å². The van der Waals surface area contributed by atoms with E-state index >= 15 is 0 Å². The van der Waals surface area contributed by atoms with Crippen molar-refractivity contribution >= 4 is 5.78 Å². The van der Waals surface area contributed by atoms with Crippen LogP contribution in [0.15, 0.2) is 18.3 Å². The van der Waals surface area contributed by atoms with Crippen LogP contribution in [0.2, 0.25) is 0 Å². The minimum absolute atomic E-state index is 0.101. The molecule has 1 fully saturated rings. The molecule has 1 aliphatic carbocycles. The highest BCUT2D eigenvalue weighted by molar-refractivity contribution is 6.02. The van der Waals surface area contributed by atoms with Crippen LogP contribution in [0.25, 0.3) is 0 Å². The van der Waals surface area contributed by atoms with Crippen molar-refractivity contribution in [2.45, 2.75) is 45.1 Å². The molecule has 0 unspecified atom stereocenters. The van der Waals surface area contributed by atoms with Gasteiger partial charge < -0.3 is 4.74 Å². The summed E-state index contributed by atoms with van der Waals surface area (Å²) in [5.74, 6) is 0.101. The van der Waals surface area contributed by atoms with Gasteiger partial charge >= 0.3 is 0 Å². The summed E-state index contributed by atoms with van der Waals surface area (Å²) in [5.41, 5.74) is 1.02. The number of carbonyl (C=O) groups is 1. The number of nitrogens with zero attached hydrogens (tertiary/aromatic N) is 1. The monoisotopic (exact) mass is 233 g/mol. The lowest BCUT2D eigenvalue weighted by Gasteiger charge is -2.27. The highest BCUT2D eigenvalue weighted by atomic mass is 16.5. The Kier molecular flexibility index (Phi) is 3.57. The zero-order valence-corrected chi connectivity index (χ0v) is 10.5. The molecule has 0 radical (unpaired) electrons. The second kappa shape index (κ2) is 4.96. The van der Waals surface area contributed by atoms with Gasteiger partial charge in [-0.25, -0.2) is 0 Å². The molecule has 2 rings (SSSR count). The molecule has 0 spiro atoms. The number of rotatable bonds is 4. The maximum Gasteiger partial charge on any atom is 0.196 e. The topological polar surface area (TPSA) is 39.2 Å². The van der Waals surface area contributed by atoms with E-state index < -0.39 is 5.60 Å². The first kappa shape index (κ1) is 12.2. The molecule has 0 amide bonds. The maximum absolute atomic E-state index is 12.5. The molecule has 3 heteroatoms. The Hall–Kier alpha value is -1.22. The van der Waals surface area contributed by atoms with E-state index in [2.05, 4.69) is 4.98 Å². The van der Waals surface area contributed by atoms with Crippen molar-refractivity contribution in [1.82, 2.24) is 4.98 Å². The number of carbonyl (C=O) groups excluding carboxylic acids is 1. The van der Waals surface area contributed by atoms with Crippen LogP contribution in [-0.2, 0) is 4.74 Å². The Bertz CT molecular complexity index is 391. The first-order chi connectivity index (χ1) is 8.18. The molecule has 0 bridgehead atoms. The SMILES string of the molecule is CCOC1(C(=O)c2ccc(C)nc2)CCCC1. The summed E-state index contributed by atoms with van der Waals surface area (Å²) in [6, 6.07) is 3.73. The molecule has 1 heterocycles. The molecule has 92 valence electrons. The summed E-state index contributed by atoms with van der Waals surface area (Å²) in [4.78, 5) is 16.7. The third-order valence-corrected chi connectivity index (χ3v) is 3.42. The van der Waals surface area contributed by atoms with Crippen molar-refractivity contribution in [2.75, 3.05) is 6.61 Å². The number of hydrogen-bond donors (Lipinski definition) is 0. The van der Waals surface area contributed by atoms with Crippen molar-refractivity contribution in [3.63, 3.8) is 0 Å². The Morgan fingerprint density at radius 2 is 2.12 bits per heavy atom. The van der Waals surface area contributed by atoms with Crippen LogP contribution in [0.4, 0.5) is 0 Å². The minimum atomic E-state index is -0.578. The van der Waals surface area contributed by atoms with Crippen LogP contribution >= 0.6 is 0 Å². The summed E-state index contributed by atoms with van der Waals surface area (Å²) >= 11 is 0. The van der Waals surface area contributed by atoms with E-state index in [4.69, 9.17) is 4.74 Å². The van der Waals surface area contributed by atoms with E-state index in [1.54, 1.807) is 6.20 Å². The third kappa shape index (κ3) is 2.39. The zero-order valence-electron chi connectivity index (χ0n) is 10.5. The van der Waals surface area contributed by atoms with Gasteiger partial charge in [-0.15, -0.1) is 0 Å². The van der Waals surface area contributed by atoms with Crippen molar-refractivity contribution in [3.05, 3.63) is 29.6 Å². The zero-order chi connectivity index (χ0) is 12.3. The summed E-state index contributed by atoms with van der Waals surface area (Å²) in [5, 5.41) is 0. The molecule has 1 saturated carbocycles. The number of Topliss-reactive ketones (excluding diaryl/α,β-unsaturated/α-hetero) is 1. The fraction of sp³-hybridized carbons (Fsp3) is 0.571. The Morgan fingerprint density at radius 3 is 2.65 bits per heavy atom. The van der Waals surface area contributed by atoms with E-state index in [0.29, 0.717) is 12.2 Å². The smallest absolute Gasteiger partial charge is 0.196 e.